The van der Waals surface area contributed by atoms with E-state index in [9.17, 15) is 9.59 Å². The van der Waals surface area contributed by atoms with Crippen LogP contribution in [0.3, 0.4) is 0 Å². The van der Waals surface area contributed by atoms with Crippen molar-refractivity contribution in [1.82, 2.24) is 9.88 Å². The molecule has 1 aliphatic heterocycles. The second kappa shape index (κ2) is 4.81. The van der Waals surface area contributed by atoms with Crippen LogP contribution in [0.4, 0.5) is 0 Å². The Balaban J connectivity index is 1.78. The molecule has 1 aliphatic carbocycles. The molecule has 5 heteroatoms. The molecular weight excluding hydrogens is 244 g/mol. The molecule has 0 atom stereocenters. The zero-order chi connectivity index (χ0) is 13.3. The minimum Gasteiger partial charge on any atom is -0.371 e. The number of rotatable bonds is 1. The van der Waals surface area contributed by atoms with Gasteiger partial charge in [-0.05, 0) is 18.9 Å². The number of aromatic amines is 1. The Morgan fingerprint density at radius 2 is 2.16 bits per heavy atom. The summed E-state index contributed by atoms with van der Waals surface area (Å²) in [5.74, 6) is -0.0688. The standard InChI is InChI=1S/C14H18N2O3/c17-12-9-11(3-6-15-12)13(18)16-7-8-19-14(10-16)4-1-2-5-14/h3,6,9H,1-2,4-5,7-8,10H2,(H,15,17). The summed E-state index contributed by atoms with van der Waals surface area (Å²) in [7, 11) is 0. The molecular formula is C14H18N2O3. The monoisotopic (exact) mass is 262 g/mol. The predicted molar refractivity (Wildman–Crippen MR) is 70.1 cm³/mol. The van der Waals surface area contributed by atoms with Crippen molar-refractivity contribution in [2.24, 2.45) is 0 Å². The summed E-state index contributed by atoms with van der Waals surface area (Å²) in [4.78, 5) is 28.0. The number of H-pyrrole nitrogens is 1. The molecule has 3 rings (SSSR count). The van der Waals surface area contributed by atoms with E-state index in [1.807, 2.05) is 4.90 Å². The lowest BCUT2D eigenvalue weighted by molar-refractivity contribution is -0.0948. The fourth-order valence-corrected chi connectivity index (χ4v) is 3.10. The maximum atomic E-state index is 12.4. The Morgan fingerprint density at radius 1 is 1.37 bits per heavy atom. The second-order valence-electron chi connectivity index (χ2n) is 5.41. The first-order chi connectivity index (χ1) is 9.19. The van der Waals surface area contributed by atoms with Crippen LogP contribution in [0.1, 0.15) is 36.0 Å². The number of hydrogen-bond acceptors (Lipinski definition) is 3. The smallest absolute Gasteiger partial charge is 0.254 e. The SMILES string of the molecule is O=C(c1cc[nH]c(=O)c1)N1CCOC2(CCCC2)C1. The van der Waals surface area contributed by atoms with Crippen molar-refractivity contribution in [3.63, 3.8) is 0 Å². The van der Waals surface area contributed by atoms with Crippen LogP contribution >= 0.6 is 0 Å². The summed E-state index contributed by atoms with van der Waals surface area (Å²) < 4.78 is 5.90. The number of amides is 1. The molecule has 1 aromatic rings. The minimum atomic E-state index is -0.241. The number of nitrogens with one attached hydrogen (secondary N) is 1. The Bertz CT molecular complexity index is 531. The molecule has 1 saturated carbocycles. The van der Waals surface area contributed by atoms with Crippen molar-refractivity contribution < 1.29 is 9.53 Å². The molecule has 1 N–H and O–H groups in total. The molecule has 2 heterocycles. The number of ether oxygens (including phenoxy) is 1. The van der Waals surface area contributed by atoms with Crippen molar-refractivity contribution in [2.45, 2.75) is 31.3 Å². The summed E-state index contributed by atoms with van der Waals surface area (Å²) in [5.41, 5.74) is 0.0863. The average Bonchev–Trinajstić information content (AvgIpc) is 2.86. The molecule has 19 heavy (non-hydrogen) atoms. The molecule has 0 unspecified atom stereocenters. The Kier molecular flexibility index (Phi) is 3.14. The highest BCUT2D eigenvalue weighted by atomic mass is 16.5. The van der Waals surface area contributed by atoms with Crippen molar-refractivity contribution in [3.05, 3.63) is 34.2 Å². The predicted octanol–water partition coefficient (Wildman–Crippen LogP) is 1.16. The van der Waals surface area contributed by atoms with Crippen LogP contribution in [0.25, 0.3) is 0 Å². The van der Waals surface area contributed by atoms with Crippen LogP contribution in [-0.4, -0.2) is 41.1 Å². The molecule has 102 valence electrons. The largest absolute Gasteiger partial charge is 0.371 e. The van der Waals surface area contributed by atoms with E-state index >= 15 is 0 Å². The average molecular weight is 262 g/mol. The summed E-state index contributed by atoms with van der Waals surface area (Å²) in [6, 6.07) is 3.01. The molecule has 1 amide bonds. The number of aromatic nitrogens is 1. The topological polar surface area (TPSA) is 62.4 Å². The van der Waals surface area contributed by atoms with Gasteiger partial charge in [0.05, 0.1) is 18.8 Å². The zero-order valence-corrected chi connectivity index (χ0v) is 10.9. The number of pyridine rings is 1. The lowest BCUT2D eigenvalue weighted by Gasteiger charge is -2.40. The normalized spacial score (nSPS) is 21.8. The molecule has 2 aliphatic rings. The molecule has 0 aromatic carbocycles. The van der Waals surface area contributed by atoms with E-state index in [1.54, 1.807) is 6.07 Å². The van der Waals surface area contributed by atoms with Crippen LogP contribution in [0, 0.1) is 0 Å². The first kappa shape index (κ1) is 12.4. The van der Waals surface area contributed by atoms with E-state index in [4.69, 9.17) is 4.74 Å². The number of carbonyl (C=O) groups is 1. The Labute approximate surface area is 111 Å². The van der Waals surface area contributed by atoms with Gasteiger partial charge < -0.3 is 14.6 Å². The van der Waals surface area contributed by atoms with Crippen molar-refractivity contribution in [1.29, 1.82) is 0 Å². The first-order valence-electron chi connectivity index (χ1n) is 6.81. The van der Waals surface area contributed by atoms with Gasteiger partial charge >= 0.3 is 0 Å². The summed E-state index contributed by atoms with van der Waals surface area (Å²) >= 11 is 0. The molecule has 0 radical (unpaired) electrons. The highest BCUT2D eigenvalue weighted by Gasteiger charge is 2.40. The molecule has 1 aromatic heterocycles. The molecule has 1 spiro atoms. The van der Waals surface area contributed by atoms with Crippen LogP contribution < -0.4 is 5.56 Å². The first-order valence-corrected chi connectivity index (χ1v) is 6.81. The highest BCUT2D eigenvalue weighted by molar-refractivity contribution is 5.94. The molecule has 0 bridgehead atoms. The van der Waals surface area contributed by atoms with Crippen molar-refractivity contribution in [3.8, 4) is 0 Å². The fourth-order valence-electron chi connectivity index (χ4n) is 3.10. The fraction of sp³-hybridized carbons (Fsp3) is 0.571. The molecule has 2 fully saturated rings. The van der Waals surface area contributed by atoms with Crippen molar-refractivity contribution >= 4 is 5.91 Å². The van der Waals surface area contributed by atoms with E-state index < -0.39 is 0 Å². The van der Waals surface area contributed by atoms with Gasteiger partial charge in [-0.2, -0.15) is 0 Å². The van der Waals surface area contributed by atoms with Gasteiger partial charge in [0.25, 0.3) is 5.91 Å². The maximum Gasteiger partial charge on any atom is 0.254 e. The Morgan fingerprint density at radius 3 is 2.89 bits per heavy atom. The van der Waals surface area contributed by atoms with Gasteiger partial charge in [0.2, 0.25) is 5.56 Å². The van der Waals surface area contributed by atoms with Crippen LogP contribution in [-0.2, 0) is 4.74 Å². The lowest BCUT2D eigenvalue weighted by atomic mass is 9.99. The van der Waals surface area contributed by atoms with Gasteiger partial charge in [-0.25, -0.2) is 0 Å². The van der Waals surface area contributed by atoms with Crippen LogP contribution in [0.2, 0.25) is 0 Å². The Hall–Kier alpha value is -1.62. The van der Waals surface area contributed by atoms with E-state index in [0.29, 0.717) is 25.3 Å². The molecule has 1 saturated heterocycles. The number of nitrogens with zero attached hydrogens (tertiary/aromatic N) is 1. The van der Waals surface area contributed by atoms with Gasteiger partial charge in [0.15, 0.2) is 0 Å². The van der Waals surface area contributed by atoms with E-state index in [2.05, 4.69) is 4.98 Å². The third-order valence-electron chi connectivity index (χ3n) is 4.07. The maximum absolute atomic E-state index is 12.4. The number of morpholine rings is 1. The zero-order valence-electron chi connectivity index (χ0n) is 10.9. The summed E-state index contributed by atoms with van der Waals surface area (Å²) in [6.45, 7) is 1.85. The number of hydrogen-bond donors (Lipinski definition) is 1. The van der Waals surface area contributed by atoms with Gasteiger partial charge in [0, 0.05) is 24.4 Å². The second-order valence-corrected chi connectivity index (χ2v) is 5.41. The van der Waals surface area contributed by atoms with Gasteiger partial charge in [-0.3, -0.25) is 9.59 Å². The van der Waals surface area contributed by atoms with Gasteiger partial charge in [0.1, 0.15) is 0 Å². The van der Waals surface area contributed by atoms with Crippen LogP contribution in [0.5, 0.6) is 0 Å². The van der Waals surface area contributed by atoms with Crippen LogP contribution in [0.15, 0.2) is 23.1 Å². The minimum absolute atomic E-state index is 0.0688. The third kappa shape index (κ3) is 2.42. The molecule has 5 nitrogen and oxygen atoms in total. The quantitative estimate of drug-likeness (QED) is 0.826. The number of carbonyl (C=O) groups excluding carboxylic acids is 1. The van der Waals surface area contributed by atoms with Crippen molar-refractivity contribution in [2.75, 3.05) is 19.7 Å². The van der Waals surface area contributed by atoms with Gasteiger partial charge in [-0.15, -0.1) is 0 Å². The lowest BCUT2D eigenvalue weighted by Crippen LogP contribution is -2.52. The summed E-state index contributed by atoms with van der Waals surface area (Å²) in [5, 5.41) is 0. The third-order valence-corrected chi connectivity index (χ3v) is 4.07. The van der Waals surface area contributed by atoms with Gasteiger partial charge in [-0.1, -0.05) is 12.8 Å². The van der Waals surface area contributed by atoms with E-state index in [0.717, 1.165) is 12.8 Å². The highest BCUT2D eigenvalue weighted by Crippen LogP contribution is 2.36. The van der Waals surface area contributed by atoms with E-state index in [1.165, 1.54) is 25.1 Å². The summed E-state index contributed by atoms with van der Waals surface area (Å²) in [6.07, 6.45) is 5.93. The van der Waals surface area contributed by atoms with E-state index in [-0.39, 0.29) is 17.1 Å².